The summed E-state index contributed by atoms with van der Waals surface area (Å²) in [5.41, 5.74) is 0.513. The highest BCUT2D eigenvalue weighted by Crippen LogP contribution is 2.08. The second-order valence-electron chi connectivity index (χ2n) is 2.96. The van der Waals surface area contributed by atoms with Gasteiger partial charge in [-0.15, -0.1) is 0 Å². The first-order valence-corrected chi connectivity index (χ1v) is 4.83. The smallest absolute Gasteiger partial charge is 0.367 e. The fourth-order valence-electron chi connectivity index (χ4n) is 0.954. The summed E-state index contributed by atoms with van der Waals surface area (Å²) < 4.78 is 27.4. The summed E-state index contributed by atoms with van der Waals surface area (Å²) in [6, 6.07) is 0. The molecule has 0 unspecified atom stereocenters. The van der Waals surface area contributed by atoms with Crippen LogP contribution in [-0.2, 0) is 19.0 Å². The van der Waals surface area contributed by atoms with Crippen LogP contribution in [0.25, 0.3) is 0 Å². The van der Waals surface area contributed by atoms with Crippen LogP contribution in [0, 0.1) is 0 Å². The number of rotatable bonds is 6. The van der Waals surface area contributed by atoms with Crippen LogP contribution < -0.4 is 0 Å². The van der Waals surface area contributed by atoms with Crippen LogP contribution >= 0.6 is 0 Å². The Labute approximate surface area is 94.7 Å². The Kier molecular flexibility index (Phi) is 7.41. The zero-order chi connectivity index (χ0) is 12.6. The third-order valence-electron chi connectivity index (χ3n) is 1.69. The molecule has 0 aliphatic carbocycles. The molecule has 0 aromatic rings. The van der Waals surface area contributed by atoms with Crippen molar-refractivity contribution in [2.45, 2.75) is 20.1 Å². The van der Waals surface area contributed by atoms with Crippen molar-refractivity contribution in [2.24, 2.45) is 0 Å². The van der Waals surface area contributed by atoms with Crippen LogP contribution in [0.1, 0.15) is 13.8 Å². The number of halogens is 1. The van der Waals surface area contributed by atoms with Gasteiger partial charge in [-0.2, -0.15) is 4.39 Å². The average molecular weight is 232 g/mol. The molecule has 0 rings (SSSR count). The van der Waals surface area contributed by atoms with E-state index in [2.05, 4.69) is 4.74 Å². The lowest BCUT2D eigenvalue weighted by atomic mass is 10.2. The molecule has 0 heterocycles. The summed E-state index contributed by atoms with van der Waals surface area (Å²) in [6.07, 6.45) is 2.05. The maximum absolute atomic E-state index is 13.2. The third-order valence-corrected chi connectivity index (χ3v) is 1.69. The zero-order valence-electron chi connectivity index (χ0n) is 9.95. The summed E-state index contributed by atoms with van der Waals surface area (Å²) in [5, 5.41) is 0. The topological polar surface area (TPSA) is 44.8 Å². The largest absolute Gasteiger partial charge is 0.461 e. The lowest BCUT2D eigenvalue weighted by molar-refractivity contribution is -0.140. The van der Waals surface area contributed by atoms with Gasteiger partial charge in [0, 0.05) is 14.2 Å². The molecule has 0 saturated heterocycles. The maximum atomic E-state index is 13.2. The van der Waals surface area contributed by atoms with E-state index in [1.54, 1.807) is 19.9 Å². The van der Waals surface area contributed by atoms with Crippen molar-refractivity contribution in [1.82, 2.24) is 0 Å². The molecular weight excluding hydrogens is 215 g/mol. The molecule has 92 valence electrons. The van der Waals surface area contributed by atoms with Crippen LogP contribution in [-0.4, -0.2) is 33.1 Å². The molecule has 0 amide bonds. The van der Waals surface area contributed by atoms with Gasteiger partial charge in [0.25, 0.3) is 0 Å². The molecule has 0 bridgehead atoms. The fourth-order valence-corrected chi connectivity index (χ4v) is 0.954. The molecule has 0 aliphatic heterocycles. The number of allylic oxidation sites excluding steroid dienone is 2. The predicted octanol–water partition coefficient (Wildman–Crippen LogP) is 1.97. The van der Waals surface area contributed by atoms with Crippen molar-refractivity contribution >= 4 is 5.97 Å². The van der Waals surface area contributed by atoms with E-state index in [9.17, 15) is 9.18 Å². The van der Waals surface area contributed by atoms with Gasteiger partial charge >= 0.3 is 5.97 Å². The second-order valence-corrected chi connectivity index (χ2v) is 2.96. The lowest BCUT2D eigenvalue weighted by Gasteiger charge is -2.08. The third kappa shape index (κ3) is 5.63. The monoisotopic (exact) mass is 232 g/mol. The van der Waals surface area contributed by atoms with Crippen LogP contribution in [0.3, 0.4) is 0 Å². The van der Waals surface area contributed by atoms with E-state index >= 15 is 0 Å². The Bertz CT molecular complexity index is 280. The quantitative estimate of drug-likeness (QED) is 0.304. The molecule has 0 aromatic heterocycles. The zero-order valence-corrected chi connectivity index (χ0v) is 9.95. The Morgan fingerprint density at radius 2 is 1.94 bits per heavy atom. The van der Waals surface area contributed by atoms with Gasteiger partial charge < -0.3 is 14.2 Å². The SMILES string of the molecule is CCOC(=O)C(F)=CC(C)=CC(OC)OC. The minimum absolute atomic E-state index is 0.140. The molecule has 0 N–H and O–H groups in total. The number of carbonyl (C=O) groups excluding carboxylic acids is 1. The second kappa shape index (κ2) is 8.01. The van der Waals surface area contributed by atoms with Crippen molar-refractivity contribution in [2.75, 3.05) is 20.8 Å². The van der Waals surface area contributed by atoms with E-state index < -0.39 is 18.1 Å². The fraction of sp³-hybridized carbons (Fsp3) is 0.545. The molecule has 0 fully saturated rings. The lowest BCUT2D eigenvalue weighted by Crippen LogP contribution is -2.09. The van der Waals surface area contributed by atoms with Crippen LogP contribution in [0.2, 0.25) is 0 Å². The van der Waals surface area contributed by atoms with Crippen molar-refractivity contribution < 1.29 is 23.4 Å². The Morgan fingerprint density at radius 3 is 2.38 bits per heavy atom. The van der Waals surface area contributed by atoms with Gasteiger partial charge in [-0.25, -0.2) is 4.79 Å². The van der Waals surface area contributed by atoms with E-state index in [1.807, 2.05) is 0 Å². The van der Waals surface area contributed by atoms with Crippen LogP contribution in [0.15, 0.2) is 23.6 Å². The van der Waals surface area contributed by atoms with E-state index in [0.29, 0.717) is 5.57 Å². The number of carbonyl (C=O) groups is 1. The number of esters is 1. The van der Waals surface area contributed by atoms with E-state index in [0.717, 1.165) is 6.08 Å². The molecule has 0 aliphatic rings. The summed E-state index contributed by atoms with van der Waals surface area (Å²) in [6.45, 7) is 3.38. The normalized spacial score (nSPS) is 13.1. The number of methoxy groups -OCH3 is 2. The van der Waals surface area contributed by atoms with Gasteiger partial charge in [0.05, 0.1) is 6.61 Å². The summed E-state index contributed by atoms with van der Waals surface area (Å²) in [4.78, 5) is 10.9. The van der Waals surface area contributed by atoms with Crippen molar-refractivity contribution in [1.29, 1.82) is 0 Å². The highest BCUT2D eigenvalue weighted by molar-refractivity contribution is 5.86. The highest BCUT2D eigenvalue weighted by atomic mass is 19.1. The number of ether oxygens (including phenoxy) is 3. The first kappa shape index (κ1) is 14.8. The van der Waals surface area contributed by atoms with Gasteiger partial charge in [-0.05, 0) is 31.6 Å². The molecule has 0 radical (unpaired) electrons. The Hall–Kier alpha value is -1.20. The van der Waals surface area contributed by atoms with Crippen LogP contribution in [0.4, 0.5) is 4.39 Å². The number of hydrogen-bond donors (Lipinski definition) is 0. The molecule has 4 nitrogen and oxygen atoms in total. The van der Waals surface area contributed by atoms with Crippen molar-refractivity contribution in [3.8, 4) is 0 Å². The molecule has 0 spiro atoms. The molecule has 16 heavy (non-hydrogen) atoms. The van der Waals surface area contributed by atoms with Gasteiger partial charge in [0.1, 0.15) is 0 Å². The Morgan fingerprint density at radius 1 is 1.38 bits per heavy atom. The average Bonchev–Trinajstić information content (AvgIpc) is 2.26. The first-order valence-electron chi connectivity index (χ1n) is 4.83. The van der Waals surface area contributed by atoms with Gasteiger partial charge in [-0.1, -0.05) is 0 Å². The van der Waals surface area contributed by atoms with E-state index in [1.165, 1.54) is 14.2 Å². The van der Waals surface area contributed by atoms with Crippen molar-refractivity contribution in [3.63, 3.8) is 0 Å². The first-order chi connectivity index (χ1) is 7.54. The molecule has 5 heteroatoms. The van der Waals surface area contributed by atoms with E-state index in [-0.39, 0.29) is 6.61 Å². The maximum Gasteiger partial charge on any atom is 0.367 e. The van der Waals surface area contributed by atoms with Gasteiger partial charge in [-0.3, -0.25) is 0 Å². The van der Waals surface area contributed by atoms with Crippen molar-refractivity contribution in [3.05, 3.63) is 23.6 Å². The highest BCUT2D eigenvalue weighted by Gasteiger charge is 2.09. The minimum Gasteiger partial charge on any atom is -0.461 e. The molecule has 0 atom stereocenters. The summed E-state index contributed by atoms with van der Waals surface area (Å²) >= 11 is 0. The minimum atomic E-state index is -0.971. The van der Waals surface area contributed by atoms with E-state index in [4.69, 9.17) is 9.47 Å². The number of hydrogen-bond acceptors (Lipinski definition) is 4. The standard InChI is InChI=1S/C11H17FO4/c1-5-16-11(13)9(12)6-8(2)7-10(14-3)15-4/h6-7,10H,5H2,1-4H3. The van der Waals surface area contributed by atoms with Crippen LogP contribution in [0.5, 0.6) is 0 Å². The predicted molar refractivity (Wildman–Crippen MR) is 57.4 cm³/mol. The van der Waals surface area contributed by atoms with Gasteiger partial charge in [0.15, 0.2) is 6.29 Å². The Balaban J connectivity index is 4.55. The molecule has 0 aromatic carbocycles. The van der Waals surface area contributed by atoms with Gasteiger partial charge in [0.2, 0.25) is 5.83 Å². The summed E-state index contributed by atoms with van der Waals surface area (Å²) in [7, 11) is 2.92. The summed E-state index contributed by atoms with van der Waals surface area (Å²) in [5.74, 6) is -1.91. The molecule has 0 saturated carbocycles. The molecular formula is C11H17FO4.